The van der Waals surface area contributed by atoms with E-state index in [9.17, 15) is 4.79 Å². The lowest BCUT2D eigenvalue weighted by atomic mass is 10.1. The van der Waals surface area contributed by atoms with Gasteiger partial charge >= 0.3 is 5.97 Å². The molecule has 0 aliphatic heterocycles. The number of aliphatic carboxylic acids is 1. The molecular formula is C14H15BrN2O3. The standard InChI is InChI=1S/C14H15BrN2O3/c1-8(14(18)19)5-13-16-7-11(17-13)10-6-9(15)3-4-12(10)20-2/h3-4,6-8H,5H2,1-2H3,(H,16,17)(H,18,19). The van der Waals surface area contributed by atoms with E-state index in [1.807, 2.05) is 18.2 Å². The minimum absolute atomic E-state index is 0.367. The van der Waals surface area contributed by atoms with Gasteiger partial charge in [-0.25, -0.2) is 4.98 Å². The third-order valence-electron chi connectivity index (χ3n) is 3.00. The van der Waals surface area contributed by atoms with Gasteiger partial charge in [-0.2, -0.15) is 0 Å². The number of aromatic amines is 1. The number of nitrogens with one attached hydrogen (secondary N) is 1. The van der Waals surface area contributed by atoms with Crippen molar-refractivity contribution in [3.8, 4) is 17.0 Å². The summed E-state index contributed by atoms with van der Waals surface area (Å²) in [6.45, 7) is 1.66. The lowest BCUT2D eigenvalue weighted by Crippen LogP contribution is -2.12. The van der Waals surface area contributed by atoms with Crippen LogP contribution in [-0.2, 0) is 11.2 Å². The maximum atomic E-state index is 10.9. The zero-order valence-electron chi connectivity index (χ0n) is 11.2. The second kappa shape index (κ2) is 6.09. The molecule has 20 heavy (non-hydrogen) atoms. The highest BCUT2D eigenvalue weighted by atomic mass is 79.9. The molecule has 0 aliphatic carbocycles. The Kier molecular flexibility index (Phi) is 4.44. The number of methoxy groups -OCH3 is 1. The SMILES string of the molecule is COc1ccc(Br)cc1-c1cnc(CC(C)C(=O)O)[nH]1. The van der Waals surface area contributed by atoms with Crippen LogP contribution in [0, 0.1) is 5.92 Å². The molecule has 6 heteroatoms. The van der Waals surface area contributed by atoms with Gasteiger partial charge in [0.05, 0.1) is 24.9 Å². The number of carbonyl (C=O) groups is 1. The smallest absolute Gasteiger partial charge is 0.306 e. The van der Waals surface area contributed by atoms with Gasteiger partial charge in [-0.15, -0.1) is 0 Å². The van der Waals surface area contributed by atoms with Crippen LogP contribution in [0.2, 0.25) is 0 Å². The summed E-state index contributed by atoms with van der Waals surface area (Å²) in [6, 6.07) is 5.68. The predicted molar refractivity (Wildman–Crippen MR) is 78.8 cm³/mol. The normalized spacial score (nSPS) is 12.2. The monoisotopic (exact) mass is 338 g/mol. The van der Waals surface area contributed by atoms with Gasteiger partial charge in [-0.3, -0.25) is 4.79 Å². The number of carboxylic acid groups (broad SMARTS) is 1. The first-order valence-corrected chi connectivity index (χ1v) is 6.91. The van der Waals surface area contributed by atoms with Gasteiger partial charge in [-0.05, 0) is 18.2 Å². The molecule has 1 heterocycles. The fraction of sp³-hybridized carbons (Fsp3) is 0.286. The van der Waals surface area contributed by atoms with Crippen LogP contribution in [0.3, 0.4) is 0 Å². The number of ether oxygens (including phenoxy) is 1. The van der Waals surface area contributed by atoms with Crippen LogP contribution in [-0.4, -0.2) is 28.2 Å². The fourth-order valence-electron chi connectivity index (χ4n) is 1.87. The van der Waals surface area contributed by atoms with Crippen molar-refractivity contribution in [3.05, 3.63) is 34.7 Å². The summed E-state index contributed by atoms with van der Waals surface area (Å²) in [5, 5.41) is 8.92. The number of halogens is 1. The van der Waals surface area contributed by atoms with Crippen molar-refractivity contribution < 1.29 is 14.6 Å². The molecule has 0 aliphatic rings. The van der Waals surface area contributed by atoms with Crippen LogP contribution < -0.4 is 4.74 Å². The van der Waals surface area contributed by atoms with Gasteiger partial charge in [-0.1, -0.05) is 22.9 Å². The number of benzene rings is 1. The Labute approximate surface area is 125 Å². The van der Waals surface area contributed by atoms with Gasteiger partial charge in [0, 0.05) is 16.5 Å². The van der Waals surface area contributed by atoms with Crippen LogP contribution in [0.4, 0.5) is 0 Å². The van der Waals surface area contributed by atoms with Gasteiger partial charge in [0.25, 0.3) is 0 Å². The molecule has 0 radical (unpaired) electrons. The molecule has 2 aromatic rings. The highest BCUT2D eigenvalue weighted by molar-refractivity contribution is 9.10. The fourth-order valence-corrected chi connectivity index (χ4v) is 2.23. The number of carboxylic acids is 1. The number of imidazole rings is 1. The van der Waals surface area contributed by atoms with Gasteiger partial charge < -0.3 is 14.8 Å². The Hall–Kier alpha value is -1.82. The molecule has 5 nitrogen and oxygen atoms in total. The molecular weight excluding hydrogens is 324 g/mol. The quantitative estimate of drug-likeness (QED) is 0.878. The molecule has 0 saturated carbocycles. The van der Waals surface area contributed by atoms with Crippen molar-refractivity contribution >= 4 is 21.9 Å². The summed E-state index contributed by atoms with van der Waals surface area (Å²) < 4.78 is 6.25. The Bertz CT molecular complexity index is 625. The Morgan fingerprint density at radius 3 is 2.95 bits per heavy atom. The highest BCUT2D eigenvalue weighted by Gasteiger charge is 2.15. The highest BCUT2D eigenvalue weighted by Crippen LogP contribution is 2.31. The first-order chi connectivity index (χ1) is 9.51. The van der Waals surface area contributed by atoms with Crippen molar-refractivity contribution in [1.82, 2.24) is 9.97 Å². The topological polar surface area (TPSA) is 75.2 Å². The van der Waals surface area contributed by atoms with Crippen LogP contribution in [0.1, 0.15) is 12.7 Å². The van der Waals surface area contributed by atoms with E-state index in [0.717, 1.165) is 21.5 Å². The average Bonchev–Trinajstić information content (AvgIpc) is 2.87. The van der Waals surface area contributed by atoms with Crippen LogP contribution in [0.15, 0.2) is 28.9 Å². The Morgan fingerprint density at radius 2 is 2.30 bits per heavy atom. The van der Waals surface area contributed by atoms with Crippen molar-refractivity contribution in [1.29, 1.82) is 0 Å². The number of nitrogens with zero attached hydrogens (tertiary/aromatic N) is 1. The average molecular weight is 339 g/mol. The first kappa shape index (κ1) is 14.6. The summed E-state index contributed by atoms with van der Waals surface area (Å²) in [7, 11) is 1.61. The predicted octanol–water partition coefficient (Wildman–Crippen LogP) is 3.11. The number of hydrogen-bond acceptors (Lipinski definition) is 3. The molecule has 0 bridgehead atoms. The second-order valence-corrected chi connectivity index (χ2v) is 5.45. The van der Waals surface area contributed by atoms with E-state index in [-0.39, 0.29) is 0 Å². The second-order valence-electron chi connectivity index (χ2n) is 4.53. The van der Waals surface area contributed by atoms with E-state index in [2.05, 4.69) is 25.9 Å². The van der Waals surface area contributed by atoms with E-state index >= 15 is 0 Å². The summed E-state index contributed by atoms with van der Waals surface area (Å²) in [4.78, 5) is 18.2. The number of aromatic nitrogens is 2. The zero-order chi connectivity index (χ0) is 14.7. The molecule has 0 fully saturated rings. The molecule has 1 atom stereocenters. The van der Waals surface area contributed by atoms with E-state index in [1.165, 1.54) is 0 Å². The van der Waals surface area contributed by atoms with Crippen molar-refractivity contribution in [2.24, 2.45) is 5.92 Å². The van der Waals surface area contributed by atoms with Crippen LogP contribution >= 0.6 is 15.9 Å². The third-order valence-corrected chi connectivity index (χ3v) is 3.49. The molecule has 2 N–H and O–H groups in total. The molecule has 0 saturated heterocycles. The molecule has 0 amide bonds. The van der Waals surface area contributed by atoms with Crippen molar-refractivity contribution in [2.45, 2.75) is 13.3 Å². The number of rotatable bonds is 5. The minimum atomic E-state index is -0.831. The summed E-state index contributed by atoms with van der Waals surface area (Å²) >= 11 is 3.42. The molecule has 1 aromatic carbocycles. The molecule has 2 rings (SSSR count). The van der Waals surface area contributed by atoms with Crippen LogP contribution in [0.25, 0.3) is 11.3 Å². The van der Waals surface area contributed by atoms with Gasteiger partial charge in [0.2, 0.25) is 0 Å². The lowest BCUT2D eigenvalue weighted by molar-refractivity contribution is -0.141. The number of hydrogen-bond donors (Lipinski definition) is 2. The summed E-state index contributed by atoms with van der Waals surface area (Å²) in [5.74, 6) is 0.0769. The van der Waals surface area contributed by atoms with E-state index in [1.54, 1.807) is 20.2 Å². The van der Waals surface area contributed by atoms with Gasteiger partial charge in [0.15, 0.2) is 0 Å². The molecule has 0 spiro atoms. The third kappa shape index (κ3) is 3.19. The maximum Gasteiger partial charge on any atom is 0.306 e. The Balaban J connectivity index is 2.29. The maximum absolute atomic E-state index is 10.9. The summed E-state index contributed by atoms with van der Waals surface area (Å²) in [5.41, 5.74) is 1.68. The lowest BCUT2D eigenvalue weighted by Gasteiger charge is -2.07. The summed E-state index contributed by atoms with van der Waals surface area (Å²) in [6.07, 6.45) is 2.06. The molecule has 1 unspecified atom stereocenters. The van der Waals surface area contributed by atoms with Gasteiger partial charge in [0.1, 0.15) is 11.6 Å². The number of H-pyrrole nitrogens is 1. The van der Waals surface area contributed by atoms with Crippen LogP contribution in [0.5, 0.6) is 5.75 Å². The van der Waals surface area contributed by atoms with E-state index < -0.39 is 11.9 Å². The minimum Gasteiger partial charge on any atom is -0.496 e. The Morgan fingerprint density at radius 1 is 1.55 bits per heavy atom. The van der Waals surface area contributed by atoms with E-state index in [0.29, 0.717) is 12.2 Å². The molecule has 1 aromatic heterocycles. The van der Waals surface area contributed by atoms with E-state index in [4.69, 9.17) is 9.84 Å². The zero-order valence-corrected chi connectivity index (χ0v) is 12.8. The molecule has 106 valence electrons. The first-order valence-electron chi connectivity index (χ1n) is 6.12. The largest absolute Gasteiger partial charge is 0.496 e. The van der Waals surface area contributed by atoms with Crippen molar-refractivity contribution in [3.63, 3.8) is 0 Å². The van der Waals surface area contributed by atoms with Crippen molar-refractivity contribution in [2.75, 3.05) is 7.11 Å².